The van der Waals surface area contributed by atoms with Crippen molar-refractivity contribution in [2.45, 2.75) is 25.6 Å². The minimum atomic E-state index is -1.74. The highest BCUT2D eigenvalue weighted by atomic mass is 32.1. The molecule has 0 radical (unpaired) electrons. The summed E-state index contributed by atoms with van der Waals surface area (Å²) in [6.07, 6.45) is 0. The minimum absolute atomic E-state index is 0.426. The van der Waals surface area contributed by atoms with Crippen molar-refractivity contribution in [2.24, 2.45) is 0 Å². The quantitative estimate of drug-likeness (QED) is 0.872. The van der Waals surface area contributed by atoms with Crippen LogP contribution >= 0.6 is 11.3 Å². The summed E-state index contributed by atoms with van der Waals surface area (Å²) in [7, 11) is 0. The van der Waals surface area contributed by atoms with Gasteiger partial charge in [0, 0.05) is 10.7 Å². The maximum Gasteiger partial charge on any atom is 0.173 e. The Bertz CT molecular complexity index is 527. The summed E-state index contributed by atoms with van der Waals surface area (Å²) in [6.45, 7) is 3.85. The van der Waals surface area contributed by atoms with E-state index >= 15 is 0 Å². The molecule has 0 spiro atoms. The van der Waals surface area contributed by atoms with E-state index in [2.05, 4.69) is 5.32 Å². The third-order valence-electron chi connectivity index (χ3n) is 3.36. The Hall–Kier alpha value is -0.970. The van der Waals surface area contributed by atoms with Crippen LogP contribution in [-0.2, 0) is 5.67 Å². The van der Waals surface area contributed by atoms with Crippen molar-refractivity contribution in [3.63, 3.8) is 0 Å². The van der Waals surface area contributed by atoms with E-state index in [1.807, 2.05) is 30.5 Å². The predicted molar refractivity (Wildman–Crippen MR) is 74.8 cm³/mol. The van der Waals surface area contributed by atoms with Crippen molar-refractivity contribution in [1.82, 2.24) is 5.32 Å². The van der Waals surface area contributed by atoms with Crippen LogP contribution in [0.3, 0.4) is 0 Å². The first-order chi connectivity index (χ1) is 8.61. The molecule has 0 amide bonds. The molecule has 2 rings (SSSR count). The van der Waals surface area contributed by atoms with Crippen LogP contribution in [0, 0.1) is 0 Å². The zero-order chi connectivity index (χ0) is 13.2. The molecular formula is C14H18FNOS. The number of thiophene rings is 1. The summed E-state index contributed by atoms with van der Waals surface area (Å²) >= 11 is 1.58. The molecule has 0 aliphatic heterocycles. The van der Waals surface area contributed by atoms with Gasteiger partial charge in [-0.3, -0.25) is 0 Å². The predicted octanol–water partition coefficient (Wildman–Crippen LogP) is 3.06. The highest BCUT2D eigenvalue weighted by Crippen LogP contribution is 2.33. The van der Waals surface area contributed by atoms with Gasteiger partial charge in [0.15, 0.2) is 5.67 Å². The number of hydrogen-bond acceptors (Lipinski definition) is 3. The van der Waals surface area contributed by atoms with Gasteiger partial charge in [0.2, 0.25) is 0 Å². The van der Waals surface area contributed by atoms with Crippen LogP contribution in [0.25, 0.3) is 10.1 Å². The zero-order valence-electron chi connectivity index (χ0n) is 10.6. The monoisotopic (exact) mass is 267 g/mol. The number of likely N-dealkylation sites (N-methyl/N-ethyl adjacent to an activating group) is 1. The van der Waals surface area contributed by atoms with Crippen molar-refractivity contribution in [1.29, 1.82) is 0 Å². The van der Waals surface area contributed by atoms with Gasteiger partial charge < -0.3 is 10.4 Å². The molecule has 18 heavy (non-hydrogen) atoms. The second-order valence-electron chi connectivity index (χ2n) is 4.47. The minimum Gasteiger partial charge on any atom is -0.393 e. The number of nitrogens with one attached hydrogen (secondary N) is 1. The smallest absolute Gasteiger partial charge is 0.173 e. The van der Waals surface area contributed by atoms with E-state index in [9.17, 15) is 9.50 Å². The summed E-state index contributed by atoms with van der Waals surface area (Å²) in [5.41, 5.74) is -1.21. The fourth-order valence-corrected chi connectivity index (χ4v) is 2.99. The van der Waals surface area contributed by atoms with Crippen LogP contribution in [0.4, 0.5) is 4.39 Å². The number of benzene rings is 1. The molecule has 0 aliphatic rings. The van der Waals surface area contributed by atoms with E-state index in [1.165, 1.54) is 0 Å². The molecule has 2 aromatic rings. The SMILES string of the molecule is CCNC(C)C(F)(CO)c1ccc2ccsc2c1. The second-order valence-corrected chi connectivity index (χ2v) is 5.42. The molecule has 0 aliphatic carbocycles. The van der Waals surface area contributed by atoms with Gasteiger partial charge in [-0.05, 0) is 41.9 Å². The Morgan fingerprint density at radius 1 is 1.44 bits per heavy atom. The average molecular weight is 267 g/mol. The number of hydrogen-bond donors (Lipinski definition) is 2. The Balaban J connectivity index is 2.41. The Morgan fingerprint density at radius 3 is 2.89 bits per heavy atom. The highest BCUT2D eigenvalue weighted by Gasteiger charge is 2.37. The van der Waals surface area contributed by atoms with E-state index in [-0.39, 0.29) is 0 Å². The van der Waals surface area contributed by atoms with Gasteiger partial charge in [-0.1, -0.05) is 19.1 Å². The van der Waals surface area contributed by atoms with Gasteiger partial charge >= 0.3 is 0 Å². The van der Waals surface area contributed by atoms with Gasteiger partial charge in [-0.25, -0.2) is 4.39 Å². The Morgan fingerprint density at radius 2 is 2.22 bits per heavy atom. The third kappa shape index (κ3) is 2.28. The van der Waals surface area contributed by atoms with E-state index in [0.717, 1.165) is 10.1 Å². The zero-order valence-corrected chi connectivity index (χ0v) is 11.4. The van der Waals surface area contributed by atoms with Crippen molar-refractivity contribution < 1.29 is 9.50 Å². The summed E-state index contributed by atoms with van der Waals surface area (Å²) in [5.74, 6) is 0. The molecule has 4 heteroatoms. The molecule has 0 saturated heterocycles. The second kappa shape index (κ2) is 5.34. The lowest BCUT2D eigenvalue weighted by molar-refractivity contribution is 0.0371. The lowest BCUT2D eigenvalue weighted by Crippen LogP contribution is -2.46. The number of rotatable bonds is 5. The first-order valence-corrected chi connectivity index (χ1v) is 7.00. The number of halogens is 1. The number of aliphatic hydroxyl groups excluding tert-OH is 1. The summed E-state index contributed by atoms with van der Waals surface area (Å²) < 4.78 is 16.0. The lowest BCUT2D eigenvalue weighted by atomic mass is 9.89. The summed E-state index contributed by atoms with van der Waals surface area (Å²) in [5, 5.41) is 15.6. The van der Waals surface area contributed by atoms with Crippen molar-refractivity contribution in [3.05, 3.63) is 35.2 Å². The van der Waals surface area contributed by atoms with Crippen molar-refractivity contribution in [3.8, 4) is 0 Å². The number of fused-ring (bicyclic) bond motifs is 1. The average Bonchev–Trinajstić information content (AvgIpc) is 2.85. The summed E-state index contributed by atoms with van der Waals surface area (Å²) in [6, 6.07) is 7.09. The van der Waals surface area contributed by atoms with Crippen LogP contribution < -0.4 is 5.32 Å². The topological polar surface area (TPSA) is 32.3 Å². The standard InChI is InChI=1S/C14H18FNOS/c1-3-16-10(2)14(15,9-17)12-5-4-11-6-7-18-13(11)8-12/h4-8,10,16-17H,3,9H2,1-2H3. The number of alkyl halides is 1. The maximum atomic E-state index is 15.0. The van der Waals surface area contributed by atoms with Gasteiger partial charge in [0.05, 0.1) is 6.61 Å². The third-order valence-corrected chi connectivity index (χ3v) is 4.24. The fraction of sp³-hybridized carbons (Fsp3) is 0.429. The molecule has 1 aromatic carbocycles. The molecule has 98 valence electrons. The van der Waals surface area contributed by atoms with E-state index in [1.54, 1.807) is 24.3 Å². The molecule has 0 fully saturated rings. The van der Waals surface area contributed by atoms with Crippen LogP contribution in [0.15, 0.2) is 29.6 Å². The molecule has 2 atom stereocenters. The molecule has 2 N–H and O–H groups in total. The van der Waals surface area contributed by atoms with Crippen LogP contribution in [0.5, 0.6) is 0 Å². The van der Waals surface area contributed by atoms with Crippen LogP contribution in [0.2, 0.25) is 0 Å². The molecule has 1 aromatic heterocycles. The molecular weight excluding hydrogens is 249 g/mol. The van der Waals surface area contributed by atoms with Gasteiger partial charge in [-0.2, -0.15) is 0 Å². The Labute approximate surface area is 110 Å². The van der Waals surface area contributed by atoms with E-state index < -0.39 is 18.3 Å². The fourth-order valence-electron chi connectivity index (χ4n) is 2.16. The van der Waals surface area contributed by atoms with Crippen molar-refractivity contribution >= 4 is 21.4 Å². The maximum absolute atomic E-state index is 15.0. The van der Waals surface area contributed by atoms with E-state index in [4.69, 9.17) is 0 Å². The molecule has 0 saturated carbocycles. The largest absolute Gasteiger partial charge is 0.393 e. The molecule has 1 heterocycles. The molecule has 0 bridgehead atoms. The van der Waals surface area contributed by atoms with Crippen LogP contribution in [0.1, 0.15) is 19.4 Å². The first-order valence-electron chi connectivity index (χ1n) is 6.12. The van der Waals surface area contributed by atoms with Crippen molar-refractivity contribution in [2.75, 3.05) is 13.2 Å². The Kier molecular flexibility index (Phi) is 4.00. The molecule has 2 unspecified atom stereocenters. The normalized spacial score (nSPS) is 16.7. The van der Waals surface area contributed by atoms with Gasteiger partial charge in [0.25, 0.3) is 0 Å². The number of aliphatic hydroxyl groups is 1. The summed E-state index contributed by atoms with van der Waals surface area (Å²) in [4.78, 5) is 0. The first kappa shape index (κ1) is 13.5. The van der Waals surface area contributed by atoms with Gasteiger partial charge in [-0.15, -0.1) is 11.3 Å². The lowest BCUT2D eigenvalue weighted by Gasteiger charge is -2.30. The van der Waals surface area contributed by atoms with Gasteiger partial charge in [0.1, 0.15) is 0 Å². The van der Waals surface area contributed by atoms with Crippen LogP contribution in [-0.4, -0.2) is 24.3 Å². The highest BCUT2D eigenvalue weighted by molar-refractivity contribution is 7.17. The molecule has 2 nitrogen and oxygen atoms in total. The van der Waals surface area contributed by atoms with E-state index in [0.29, 0.717) is 12.1 Å².